The predicted octanol–water partition coefficient (Wildman–Crippen LogP) is 2.19. The van der Waals surface area contributed by atoms with Gasteiger partial charge in [-0.1, -0.05) is 6.92 Å². The number of nitrogens with one attached hydrogen (secondary N) is 2. The number of carbonyl (C=O) groups excluding carboxylic acids is 1. The molecule has 1 saturated heterocycles. The second kappa shape index (κ2) is 7.38. The Morgan fingerprint density at radius 3 is 2.88 bits per heavy atom. The molecule has 0 bridgehead atoms. The van der Waals surface area contributed by atoms with Gasteiger partial charge in [-0.15, -0.1) is 0 Å². The highest BCUT2D eigenvalue weighted by Gasteiger charge is 2.27. The fraction of sp³-hybridized carbons (Fsp3) is 0.500. The molecule has 2 atom stereocenters. The molecule has 8 heteroatoms. The summed E-state index contributed by atoms with van der Waals surface area (Å²) in [7, 11) is -3.67. The smallest absolute Gasteiger partial charge is 0.374 e. The Bertz CT molecular complexity index is 919. The molecule has 1 aromatic carbocycles. The largest absolute Gasteiger partial charge is 0.460 e. The molecule has 0 amide bonds. The number of rotatable bonds is 5. The molecule has 2 heterocycles. The summed E-state index contributed by atoms with van der Waals surface area (Å²) in [5, 5.41) is 3.80. The van der Waals surface area contributed by atoms with Gasteiger partial charge in [0.1, 0.15) is 5.58 Å². The summed E-state index contributed by atoms with van der Waals surface area (Å²) in [5.74, 6) is -0.180. The maximum atomic E-state index is 12.8. The number of benzene rings is 1. The van der Waals surface area contributed by atoms with Crippen LogP contribution in [0, 0.1) is 12.8 Å². The van der Waals surface area contributed by atoms with Gasteiger partial charge in [-0.3, -0.25) is 0 Å². The van der Waals surface area contributed by atoms with Crippen molar-refractivity contribution in [2.24, 2.45) is 5.92 Å². The first-order valence-electron chi connectivity index (χ1n) is 8.76. The fourth-order valence-corrected chi connectivity index (χ4v) is 4.54. The van der Waals surface area contributed by atoms with E-state index in [-0.39, 0.29) is 29.2 Å². The summed E-state index contributed by atoms with van der Waals surface area (Å²) in [6.45, 7) is 7.23. The van der Waals surface area contributed by atoms with Crippen molar-refractivity contribution in [1.82, 2.24) is 10.0 Å². The van der Waals surface area contributed by atoms with E-state index in [1.807, 2.05) is 6.92 Å². The van der Waals surface area contributed by atoms with Crippen LogP contribution in [0.4, 0.5) is 0 Å². The third kappa shape index (κ3) is 3.62. The molecule has 26 heavy (non-hydrogen) atoms. The third-order valence-electron chi connectivity index (χ3n) is 4.81. The molecule has 3 rings (SSSR count). The van der Waals surface area contributed by atoms with Crippen molar-refractivity contribution in [3.8, 4) is 0 Å². The highest BCUT2D eigenvalue weighted by atomic mass is 32.2. The first-order chi connectivity index (χ1) is 12.3. The van der Waals surface area contributed by atoms with Gasteiger partial charge < -0.3 is 14.5 Å². The van der Waals surface area contributed by atoms with Crippen LogP contribution < -0.4 is 10.0 Å². The zero-order valence-corrected chi connectivity index (χ0v) is 16.0. The highest BCUT2D eigenvalue weighted by molar-refractivity contribution is 7.89. The molecule has 2 unspecified atom stereocenters. The maximum absolute atomic E-state index is 12.8. The van der Waals surface area contributed by atoms with Gasteiger partial charge in [0.2, 0.25) is 15.8 Å². The molecule has 0 spiro atoms. The average Bonchev–Trinajstić information content (AvgIpc) is 2.93. The molecule has 1 fully saturated rings. The van der Waals surface area contributed by atoms with Crippen LogP contribution in [0.15, 0.2) is 27.5 Å². The molecule has 1 aromatic heterocycles. The number of hydrogen-bond acceptors (Lipinski definition) is 6. The van der Waals surface area contributed by atoms with E-state index >= 15 is 0 Å². The number of furan rings is 1. The Labute approximate surface area is 153 Å². The van der Waals surface area contributed by atoms with E-state index in [2.05, 4.69) is 10.0 Å². The monoisotopic (exact) mass is 380 g/mol. The molecule has 0 aliphatic carbocycles. The number of fused-ring (bicyclic) bond motifs is 1. The lowest BCUT2D eigenvalue weighted by atomic mass is 9.96. The number of piperidine rings is 1. The number of sulfonamides is 1. The van der Waals surface area contributed by atoms with Crippen LogP contribution in [0.25, 0.3) is 11.0 Å². The number of carbonyl (C=O) groups is 1. The van der Waals surface area contributed by atoms with Crippen LogP contribution >= 0.6 is 0 Å². The fourth-order valence-electron chi connectivity index (χ4n) is 3.17. The minimum atomic E-state index is -3.67. The lowest BCUT2D eigenvalue weighted by molar-refractivity contribution is 0.0491. The number of aryl methyl sites for hydroxylation is 1. The Kier molecular flexibility index (Phi) is 5.36. The molecule has 2 aromatic rings. The molecular formula is C18H24N2O5S. The minimum Gasteiger partial charge on any atom is -0.460 e. The number of ether oxygens (including phenoxy) is 1. The second-order valence-corrected chi connectivity index (χ2v) is 8.35. The first kappa shape index (κ1) is 18.9. The van der Waals surface area contributed by atoms with Gasteiger partial charge in [0.25, 0.3) is 0 Å². The van der Waals surface area contributed by atoms with Crippen LogP contribution in [0.3, 0.4) is 0 Å². The highest BCUT2D eigenvalue weighted by Crippen LogP contribution is 2.28. The second-order valence-electron chi connectivity index (χ2n) is 6.63. The van der Waals surface area contributed by atoms with Gasteiger partial charge in [-0.25, -0.2) is 17.9 Å². The zero-order chi connectivity index (χ0) is 18.9. The van der Waals surface area contributed by atoms with Crippen molar-refractivity contribution in [2.45, 2.75) is 38.1 Å². The molecule has 0 saturated carbocycles. The minimum absolute atomic E-state index is 0.106. The van der Waals surface area contributed by atoms with Crippen molar-refractivity contribution in [2.75, 3.05) is 19.7 Å². The number of esters is 1. The quantitative estimate of drug-likeness (QED) is 0.772. The molecule has 2 N–H and O–H groups in total. The van der Waals surface area contributed by atoms with E-state index in [1.54, 1.807) is 26.0 Å². The van der Waals surface area contributed by atoms with Gasteiger partial charge in [-0.2, -0.15) is 0 Å². The molecular weight excluding hydrogens is 356 g/mol. The summed E-state index contributed by atoms with van der Waals surface area (Å²) in [5.41, 5.74) is 1.03. The van der Waals surface area contributed by atoms with E-state index in [9.17, 15) is 13.2 Å². The van der Waals surface area contributed by atoms with Crippen molar-refractivity contribution in [3.05, 3.63) is 29.5 Å². The Hall–Kier alpha value is -1.90. The van der Waals surface area contributed by atoms with Gasteiger partial charge in [0, 0.05) is 23.5 Å². The molecule has 0 radical (unpaired) electrons. The van der Waals surface area contributed by atoms with Crippen LogP contribution in [0.1, 0.15) is 36.4 Å². The van der Waals surface area contributed by atoms with Crippen molar-refractivity contribution in [3.63, 3.8) is 0 Å². The van der Waals surface area contributed by atoms with E-state index in [0.717, 1.165) is 13.0 Å². The van der Waals surface area contributed by atoms with Crippen molar-refractivity contribution in [1.29, 1.82) is 0 Å². The Morgan fingerprint density at radius 2 is 2.19 bits per heavy atom. The first-order valence-corrected chi connectivity index (χ1v) is 10.2. The summed E-state index contributed by atoms with van der Waals surface area (Å²) >= 11 is 0. The van der Waals surface area contributed by atoms with E-state index in [1.165, 1.54) is 6.07 Å². The maximum Gasteiger partial charge on any atom is 0.374 e. The molecule has 7 nitrogen and oxygen atoms in total. The Morgan fingerprint density at radius 1 is 1.42 bits per heavy atom. The lowest BCUT2D eigenvalue weighted by Gasteiger charge is -2.29. The van der Waals surface area contributed by atoms with Crippen LogP contribution in [0.2, 0.25) is 0 Å². The van der Waals surface area contributed by atoms with Gasteiger partial charge in [-0.05, 0) is 50.9 Å². The molecule has 142 valence electrons. The average molecular weight is 380 g/mol. The topological polar surface area (TPSA) is 97.6 Å². The summed E-state index contributed by atoms with van der Waals surface area (Å²) in [4.78, 5) is 12.1. The van der Waals surface area contributed by atoms with E-state index in [0.29, 0.717) is 23.1 Å². The predicted molar refractivity (Wildman–Crippen MR) is 97.7 cm³/mol. The summed E-state index contributed by atoms with van der Waals surface area (Å²) in [6.07, 6.45) is 0.927. The van der Waals surface area contributed by atoms with E-state index < -0.39 is 16.0 Å². The van der Waals surface area contributed by atoms with Crippen molar-refractivity contribution >= 4 is 27.0 Å². The van der Waals surface area contributed by atoms with Gasteiger partial charge in [0.15, 0.2) is 0 Å². The van der Waals surface area contributed by atoms with E-state index in [4.69, 9.17) is 9.15 Å². The Balaban J connectivity index is 1.92. The SMILES string of the molecule is CCOC(=O)c1oc2ccc(S(=O)(=O)NC3CNCCC3C)cc2c1C. The van der Waals surface area contributed by atoms with Crippen LogP contribution in [0.5, 0.6) is 0 Å². The van der Waals surface area contributed by atoms with Crippen LogP contribution in [-0.4, -0.2) is 40.1 Å². The molecule has 1 aliphatic rings. The van der Waals surface area contributed by atoms with Gasteiger partial charge >= 0.3 is 5.97 Å². The lowest BCUT2D eigenvalue weighted by Crippen LogP contribution is -2.50. The molecule has 1 aliphatic heterocycles. The summed E-state index contributed by atoms with van der Waals surface area (Å²) in [6, 6.07) is 4.45. The third-order valence-corrected chi connectivity index (χ3v) is 6.30. The normalized spacial score (nSPS) is 21.0. The van der Waals surface area contributed by atoms with Crippen LogP contribution in [-0.2, 0) is 14.8 Å². The zero-order valence-electron chi connectivity index (χ0n) is 15.2. The number of hydrogen-bond donors (Lipinski definition) is 2. The standard InChI is InChI=1S/C18H24N2O5S/c1-4-24-18(21)17-12(3)14-9-13(5-6-16(14)25-17)26(22,23)20-15-10-19-8-7-11(15)2/h5-6,9,11,15,19-20H,4,7-8,10H2,1-3H3. The van der Waals surface area contributed by atoms with Crippen molar-refractivity contribution < 1.29 is 22.4 Å². The van der Waals surface area contributed by atoms with Gasteiger partial charge in [0.05, 0.1) is 11.5 Å². The summed E-state index contributed by atoms with van der Waals surface area (Å²) < 4.78 is 38.9.